The second-order valence-electron chi connectivity index (χ2n) is 9.18. The molecule has 0 saturated heterocycles. The number of hydrogen-bond donors (Lipinski definition) is 1. The lowest BCUT2D eigenvalue weighted by molar-refractivity contribution is -0.137. The second-order valence-corrected chi connectivity index (χ2v) is 9.18. The van der Waals surface area contributed by atoms with Crippen molar-refractivity contribution in [2.75, 3.05) is 0 Å². The third-order valence-electron chi connectivity index (χ3n) is 5.58. The van der Waals surface area contributed by atoms with Gasteiger partial charge in [-0.3, -0.25) is 0 Å². The Bertz CT molecular complexity index is 1270. The van der Waals surface area contributed by atoms with Crippen molar-refractivity contribution >= 4 is 23.0 Å². The number of benzene rings is 2. The number of nitrogens with one attached hydrogen (secondary N) is 1. The van der Waals surface area contributed by atoms with Crippen LogP contribution in [-0.2, 0) is 22.4 Å². The van der Waals surface area contributed by atoms with Gasteiger partial charge in [-0.05, 0) is 70.2 Å². The minimum absolute atomic E-state index is 0.264. The molecule has 1 atom stereocenters. The Morgan fingerprint density at radius 3 is 2.42 bits per heavy atom. The summed E-state index contributed by atoms with van der Waals surface area (Å²) in [4.78, 5) is 38.0. The number of ether oxygens (including phenoxy) is 2. The SMILES string of the molecule is Cc1c(OC(=O)C(NC(=O)OC(C)(C)C)c2ccccc2)ccc2c3c(c(=O)oc12)CCC3. The number of alkyl carbamates (subject to hydrolysis) is 1. The zero-order valence-corrected chi connectivity index (χ0v) is 19.2. The molecule has 1 unspecified atom stereocenters. The summed E-state index contributed by atoms with van der Waals surface area (Å²) in [6.45, 7) is 6.97. The van der Waals surface area contributed by atoms with E-state index >= 15 is 0 Å². The van der Waals surface area contributed by atoms with Gasteiger partial charge in [-0.1, -0.05) is 30.3 Å². The molecule has 0 fully saturated rings. The maximum absolute atomic E-state index is 13.2. The van der Waals surface area contributed by atoms with Gasteiger partial charge in [-0.2, -0.15) is 0 Å². The third-order valence-corrected chi connectivity index (χ3v) is 5.58. The summed E-state index contributed by atoms with van der Waals surface area (Å²) in [6.07, 6.45) is 1.74. The average Bonchev–Trinajstić information content (AvgIpc) is 3.25. The van der Waals surface area contributed by atoms with E-state index in [0.29, 0.717) is 16.7 Å². The van der Waals surface area contributed by atoms with Gasteiger partial charge in [0.1, 0.15) is 16.9 Å². The van der Waals surface area contributed by atoms with Crippen LogP contribution < -0.4 is 15.7 Å². The summed E-state index contributed by atoms with van der Waals surface area (Å²) in [5, 5.41) is 3.47. The van der Waals surface area contributed by atoms with Crippen LogP contribution in [0, 0.1) is 6.92 Å². The van der Waals surface area contributed by atoms with E-state index in [9.17, 15) is 14.4 Å². The molecule has 0 spiro atoms. The van der Waals surface area contributed by atoms with Crippen LogP contribution in [0.1, 0.15) is 55.5 Å². The van der Waals surface area contributed by atoms with Crippen molar-refractivity contribution in [3.63, 3.8) is 0 Å². The van der Waals surface area contributed by atoms with Crippen LogP contribution >= 0.6 is 0 Å². The van der Waals surface area contributed by atoms with Gasteiger partial charge in [0.2, 0.25) is 0 Å². The van der Waals surface area contributed by atoms with Crippen molar-refractivity contribution in [3.05, 3.63) is 75.1 Å². The van der Waals surface area contributed by atoms with Crippen LogP contribution in [0.2, 0.25) is 0 Å². The zero-order valence-electron chi connectivity index (χ0n) is 19.2. The lowest BCUT2D eigenvalue weighted by atomic mass is 10.0. The van der Waals surface area contributed by atoms with Crippen LogP contribution in [0.5, 0.6) is 5.75 Å². The quantitative estimate of drug-likeness (QED) is 0.351. The maximum Gasteiger partial charge on any atom is 0.408 e. The first kappa shape index (κ1) is 22.6. The molecule has 2 aromatic carbocycles. The van der Waals surface area contributed by atoms with Crippen LogP contribution in [-0.4, -0.2) is 17.7 Å². The summed E-state index contributed by atoms with van der Waals surface area (Å²) in [5.41, 5.74) is 2.21. The van der Waals surface area contributed by atoms with E-state index in [-0.39, 0.29) is 11.4 Å². The van der Waals surface area contributed by atoms with Crippen molar-refractivity contribution in [2.45, 2.75) is 58.6 Å². The van der Waals surface area contributed by atoms with E-state index in [4.69, 9.17) is 13.9 Å². The number of aryl methyl sites for hydroxylation is 2. The van der Waals surface area contributed by atoms with Gasteiger partial charge in [0, 0.05) is 16.5 Å². The van der Waals surface area contributed by atoms with Crippen molar-refractivity contribution in [2.24, 2.45) is 0 Å². The number of esters is 1. The van der Waals surface area contributed by atoms with Crippen molar-refractivity contribution in [1.82, 2.24) is 5.32 Å². The van der Waals surface area contributed by atoms with E-state index in [0.717, 1.165) is 35.8 Å². The zero-order chi connectivity index (χ0) is 23.8. The number of amides is 1. The van der Waals surface area contributed by atoms with E-state index < -0.39 is 23.7 Å². The molecule has 1 aromatic heterocycles. The average molecular weight is 450 g/mol. The normalized spacial score (nSPS) is 13.9. The minimum Gasteiger partial charge on any atom is -0.444 e. The Morgan fingerprint density at radius 1 is 1.03 bits per heavy atom. The van der Waals surface area contributed by atoms with Crippen LogP contribution in [0.4, 0.5) is 4.79 Å². The first-order valence-electron chi connectivity index (χ1n) is 11.0. The summed E-state index contributed by atoms with van der Waals surface area (Å²) in [5.74, 6) is -0.418. The molecule has 0 saturated carbocycles. The summed E-state index contributed by atoms with van der Waals surface area (Å²) in [6, 6.07) is 11.2. The third kappa shape index (κ3) is 4.77. The Kier molecular flexibility index (Phi) is 5.97. The largest absolute Gasteiger partial charge is 0.444 e. The molecule has 1 N–H and O–H groups in total. The van der Waals surface area contributed by atoms with E-state index in [1.54, 1.807) is 58.0 Å². The van der Waals surface area contributed by atoms with Gasteiger partial charge >= 0.3 is 17.7 Å². The molecule has 1 heterocycles. The number of hydrogen-bond acceptors (Lipinski definition) is 6. The van der Waals surface area contributed by atoms with Crippen LogP contribution in [0.25, 0.3) is 11.0 Å². The Hall–Kier alpha value is -3.61. The summed E-state index contributed by atoms with van der Waals surface area (Å²) < 4.78 is 16.6. The van der Waals surface area contributed by atoms with E-state index in [1.165, 1.54) is 0 Å². The molecular weight excluding hydrogens is 422 g/mol. The fourth-order valence-electron chi connectivity index (χ4n) is 4.09. The Labute approximate surface area is 191 Å². The van der Waals surface area contributed by atoms with Gasteiger partial charge in [-0.15, -0.1) is 0 Å². The van der Waals surface area contributed by atoms with Crippen LogP contribution in [0.15, 0.2) is 51.7 Å². The molecule has 7 heteroatoms. The molecule has 0 aliphatic heterocycles. The Morgan fingerprint density at radius 2 is 1.73 bits per heavy atom. The van der Waals surface area contributed by atoms with E-state index in [2.05, 4.69) is 5.32 Å². The standard InChI is InChI=1S/C26H27NO6/c1-15-20(14-13-18-17-11-8-12-19(17)23(28)32-22(15)18)31-24(29)21(16-9-6-5-7-10-16)27-25(30)33-26(2,3)4/h5-7,9-10,13-14,21H,8,11-12H2,1-4H3,(H,27,30). The highest BCUT2D eigenvalue weighted by molar-refractivity contribution is 5.89. The lowest BCUT2D eigenvalue weighted by Gasteiger charge is -2.23. The second kappa shape index (κ2) is 8.73. The van der Waals surface area contributed by atoms with E-state index in [1.807, 2.05) is 12.1 Å². The van der Waals surface area contributed by atoms with Crippen molar-refractivity contribution in [3.8, 4) is 5.75 Å². The predicted octanol–water partition coefficient (Wildman–Crippen LogP) is 4.76. The molecule has 172 valence electrons. The highest BCUT2D eigenvalue weighted by Gasteiger charge is 2.29. The molecular formula is C26H27NO6. The first-order valence-corrected chi connectivity index (χ1v) is 11.0. The van der Waals surface area contributed by atoms with Gasteiger partial charge in [0.25, 0.3) is 0 Å². The molecule has 33 heavy (non-hydrogen) atoms. The first-order chi connectivity index (χ1) is 15.6. The summed E-state index contributed by atoms with van der Waals surface area (Å²) >= 11 is 0. The van der Waals surface area contributed by atoms with Crippen molar-refractivity contribution < 1.29 is 23.5 Å². The number of rotatable bonds is 4. The smallest absolute Gasteiger partial charge is 0.408 e. The fourth-order valence-corrected chi connectivity index (χ4v) is 4.09. The lowest BCUT2D eigenvalue weighted by Crippen LogP contribution is -2.39. The number of fused-ring (bicyclic) bond motifs is 3. The molecule has 0 bridgehead atoms. The van der Waals surface area contributed by atoms with Gasteiger partial charge in [0.15, 0.2) is 6.04 Å². The van der Waals surface area contributed by atoms with Gasteiger partial charge in [-0.25, -0.2) is 14.4 Å². The Balaban J connectivity index is 1.65. The molecule has 1 aliphatic carbocycles. The highest BCUT2D eigenvalue weighted by atomic mass is 16.6. The molecule has 3 aromatic rings. The summed E-state index contributed by atoms with van der Waals surface area (Å²) in [7, 11) is 0. The predicted molar refractivity (Wildman–Crippen MR) is 123 cm³/mol. The fraction of sp³-hybridized carbons (Fsp3) is 0.346. The van der Waals surface area contributed by atoms with Gasteiger partial charge < -0.3 is 19.2 Å². The molecule has 7 nitrogen and oxygen atoms in total. The highest BCUT2D eigenvalue weighted by Crippen LogP contribution is 2.33. The monoisotopic (exact) mass is 449 g/mol. The molecule has 0 radical (unpaired) electrons. The molecule has 1 aliphatic rings. The molecule has 1 amide bonds. The van der Waals surface area contributed by atoms with Gasteiger partial charge in [0.05, 0.1) is 0 Å². The number of carbonyl (C=O) groups excluding carboxylic acids is 2. The van der Waals surface area contributed by atoms with Crippen LogP contribution in [0.3, 0.4) is 0 Å². The topological polar surface area (TPSA) is 94.8 Å². The van der Waals surface area contributed by atoms with Crippen molar-refractivity contribution in [1.29, 1.82) is 0 Å². The maximum atomic E-state index is 13.2. The molecule has 4 rings (SSSR count). The number of carbonyl (C=O) groups is 2. The minimum atomic E-state index is -1.08.